The van der Waals surface area contributed by atoms with Crippen LogP contribution in [-0.2, 0) is 14.1 Å². The number of unbranched alkanes of at least 4 members (excludes halogenated alkanes) is 1. The maximum atomic E-state index is 10.8. The molecule has 0 saturated heterocycles. The molecule has 0 aromatic carbocycles. The molecular formula is C7H15O5P. The standard InChI is InChI=1S/C7H15O5P/c1-2-12-7(8)5-3-4-6-13(9,10)11/h2-6H2,1H3,(H2,9,10,11). The number of ether oxygens (including phenoxy) is 1. The topological polar surface area (TPSA) is 83.8 Å². The van der Waals surface area contributed by atoms with Gasteiger partial charge in [-0.2, -0.15) is 0 Å². The summed E-state index contributed by atoms with van der Waals surface area (Å²) in [7, 11) is -3.89. The fraction of sp³-hybridized carbons (Fsp3) is 0.857. The lowest BCUT2D eigenvalue weighted by Crippen LogP contribution is -2.03. The molecule has 0 aliphatic carbocycles. The van der Waals surface area contributed by atoms with E-state index in [1.807, 2.05) is 0 Å². The Hall–Kier alpha value is -0.380. The van der Waals surface area contributed by atoms with E-state index < -0.39 is 7.60 Å². The minimum Gasteiger partial charge on any atom is -0.466 e. The van der Waals surface area contributed by atoms with Gasteiger partial charge in [0, 0.05) is 12.6 Å². The molecular weight excluding hydrogens is 195 g/mol. The molecule has 2 N–H and O–H groups in total. The number of esters is 1. The van der Waals surface area contributed by atoms with Crippen molar-refractivity contribution in [1.29, 1.82) is 0 Å². The summed E-state index contributed by atoms with van der Waals surface area (Å²) in [6.07, 6.45) is 0.882. The first-order valence-corrected chi connectivity index (χ1v) is 5.95. The quantitative estimate of drug-likeness (QED) is 0.386. The van der Waals surface area contributed by atoms with Crippen LogP contribution >= 0.6 is 7.60 Å². The van der Waals surface area contributed by atoms with Crippen LogP contribution < -0.4 is 0 Å². The molecule has 0 atom stereocenters. The Balaban J connectivity index is 3.36. The molecule has 0 spiro atoms. The normalized spacial score (nSPS) is 11.3. The molecule has 0 fully saturated rings. The second-order valence-corrected chi connectivity index (χ2v) is 4.43. The van der Waals surface area contributed by atoms with E-state index in [1.54, 1.807) is 6.92 Å². The van der Waals surface area contributed by atoms with Crippen LogP contribution in [0.2, 0.25) is 0 Å². The van der Waals surface area contributed by atoms with Crippen LogP contribution in [0.3, 0.4) is 0 Å². The van der Waals surface area contributed by atoms with Crippen molar-refractivity contribution in [3.05, 3.63) is 0 Å². The molecule has 5 nitrogen and oxygen atoms in total. The summed E-state index contributed by atoms with van der Waals surface area (Å²) >= 11 is 0. The van der Waals surface area contributed by atoms with Gasteiger partial charge in [0.25, 0.3) is 0 Å². The van der Waals surface area contributed by atoms with Crippen molar-refractivity contribution in [1.82, 2.24) is 0 Å². The molecule has 0 aliphatic heterocycles. The zero-order valence-electron chi connectivity index (χ0n) is 7.60. The van der Waals surface area contributed by atoms with Crippen LogP contribution in [-0.4, -0.2) is 28.5 Å². The third kappa shape index (κ3) is 9.53. The predicted octanol–water partition coefficient (Wildman–Crippen LogP) is 0.897. The second kappa shape index (κ2) is 6.13. The Morgan fingerprint density at radius 3 is 2.46 bits per heavy atom. The van der Waals surface area contributed by atoms with Crippen molar-refractivity contribution in [2.45, 2.75) is 26.2 Å². The monoisotopic (exact) mass is 210 g/mol. The van der Waals surface area contributed by atoms with Gasteiger partial charge in [0.15, 0.2) is 0 Å². The first-order valence-electron chi connectivity index (χ1n) is 4.16. The van der Waals surface area contributed by atoms with Gasteiger partial charge in [0.1, 0.15) is 0 Å². The molecule has 0 aliphatic rings. The van der Waals surface area contributed by atoms with E-state index in [4.69, 9.17) is 9.79 Å². The van der Waals surface area contributed by atoms with Crippen LogP contribution in [0.1, 0.15) is 26.2 Å². The Kier molecular flexibility index (Phi) is 5.95. The van der Waals surface area contributed by atoms with Gasteiger partial charge in [-0.15, -0.1) is 0 Å². The summed E-state index contributed by atoms with van der Waals surface area (Å²) in [5.41, 5.74) is 0. The summed E-state index contributed by atoms with van der Waals surface area (Å²) in [5.74, 6) is -0.312. The summed E-state index contributed by atoms with van der Waals surface area (Å²) in [6.45, 7) is 2.06. The summed E-state index contributed by atoms with van der Waals surface area (Å²) in [4.78, 5) is 27.7. The number of rotatable bonds is 6. The number of hydrogen-bond acceptors (Lipinski definition) is 3. The van der Waals surface area contributed by atoms with Gasteiger partial charge in [0.2, 0.25) is 0 Å². The Bertz CT molecular complexity index is 197. The van der Waals surface area contributed by atoms with E-state index in [9.17, 15) is 9.36 Å². The summed E-state index contributed by atoms with van der Waals surface area (Å²) in [5, 5.41) is 0. The minimum absolute atomic E-state index is 0.160. The van der Waals surface area contributed by atoms with Gasteiger partial charge in [-0.3, -0.25) is 9.36 Å². The third-order valence-corrected chi connectivity index (χ3v) is 2.28. The molecule has 0 aromatic heterocycles. The van der Waals surface area contributed by atoms with Gasteiger partial charge in [0.05, 0.1) is 6.61 Å². The molecule has 6 heteroatoms. The maximum absolute atomic E-state index is 10.8. The van der Waals surface area contributed by atoms with Crippen LogP contribution in [0.15, 0.2) is 0 Å². The van der Waals surface area contributed by atoms with Gasteiger partial charge in [-0.25, -0.2) is 0 Å². The first kappa shape index (κ1) is 12.6. The molecule has 0 bridgehead atoms. The minimum atomic E-state index is -3.89. The first-order chi connectivity index (χ1) is 5.95. The third-order valence-electron chi connectivity index (χ3n) is 1.39. The van der Waals surface area contributed by atoms with Gasteiger partial charge in [-0.1, -0.05) is 0 Å². The molecule has 78 valence electrons. The smallest absolute Gasteiger partial charge is 0.325 e. The van der Waals surface area contributed by atoms with Crippen molar-refractivity contribution in [2.24, 2.45) is 0 Å². The van der Waals surface area contributed by atoms with Crippen molar-refractivity contribution >= 4 is 13.6 Å². The summed E-state index contributed by atoms with van der Waals surface area (Å²) < 4.78 is 15.0. The van der Waals surface area contributed by atoms with Crippen LogP contribution in [0.25, 0.3) is 0 Å². The fourth-order valence-electron chi connectivity index (χ4n) is 0.820. The lowest BCUT2D eigenvalue weighted by molar-refractivity contribution is -0.143. The van der Waals surface area contributed by atoms with Crippen LogP contribution in [0, 0.1) is 0 Å². The molecule has 0 saturated carbocycles. The van der Waals surface area contributed by atoms with Crippen LogP contribution in [0.5, 0.6) is 0 Å². The van der Waals surface area contributed by atoms with E-state index >= 15 is 0 Å². The highest BCUT2D eigenvalue weighted by Crippen LogP contribution is 2.35. The molecule has 0 rings (SSSR count). The lowest BCUT2D eigenvalue weighted by Gasteiger charge is -2.03. The molecule has 0 heterocycles. The highest BCUT2D eigenvalue weighted by atomic mass is 31.2. The van der Waals surface area contributed by atoms with E-state index in [-0.39, 0.29) is 18.6 Å². The number of carbonyl (C=O) groups excluding carboxylic acids is 1. The van der Waals surface area contributed by atoms with Crippen molar-refractivity contribution in [2.75, 3.05) is 12.8 Å². The molecule has 0 unspecified atom stereocenters. The number of hydrogen-bond donors (Lipinski definition) is 2. The second-order valence-electron chi connectivity index (χ2n) is 2.65. The molecule has 0 amide bonds. The zero-order chi connectivity index (χ0) is 10.3. The Labute approximate surface area is 77.3 Å². The van der Waals surface area contributed by atoms with Crippen LogP contribution in [0.4, 0.5) is 0 Å². The highest BCUT2D eigenvalue weighted by Gasteiger charge is 2.12. The lowest BCUT2D eigenvalue weighted by atomic mass is 10.2. The molecule has 0 radical (unpaired) electrons. The SMILES string of the molecule is CCOC(=O)CCCCP(=O)(O)O. The average Bonchev–Trinajstić information content (AvgIpc) is 1.97. The van der Waals surface area contributed by atoms with Gasteiger partial charge < -0.3 is 14.5 Å². The van der Waals surface area contributed by atoms with Gasteiger partial charge in [-0.05, 0) is 19.8 Å². The Morgan fingerprint density at radius 2 is 2.00 bits per heavy atom. The van der Waals surface area contributed by atoms with E-state index in [1.165, 1.54) is 0 Å². The molecule has 0 aromatic rings. The fourth-order valence-corrected chi connectivity index (χ4v) is 1.46. The van der Waals surface area contributed by atoms with E-state index in [2.05, 4.69) is 4.74 Å². The van der Waals surface area contributed by atoms with Crippen molar-refractivity contribution in [3.63, 3.8) is 0 Å². The predicted molar refractivity (Wildman–Crippen MR) is 47.4 cm³/mol. The maximum Gasteiger partial charge on any atom is 0.325 e. The average molecular weight is 210 g/mol. The Morgan fingerprint density at radius 1 is 1.38 bits per heavy atom. The van der Waals surface area contributed by atoms with Gasteiger partial charge >= 0.3 is 13.6 Å². The number of carbonyl (C=O) groups is 1. The largest absolute Gasteiger partial charge is 0.466 e. The van der Waals surface area contributed by atoms with Crippen molar-refractivity contribution < 1.29 is 23.9 Å². The highest BCUT2D eigenvalue weighted by molar-refractivity contribution is 7.51. The molecule has 13 heavy (non-hydrogen) atoms. The van der Waals surface area contributed by atoms with E-state index in [0.717, 1.165) is 0 Å². The van der Waals surface area contributed by atoms with Crippen molar-refractivity contribution in [3.8, 4) is 0 Å². The zero-order valence-corrected chi connectivity index (χ0v) is 8.50. The summed E-state index contributed by atoms with van der Waals surface area (Å²) in [6, 6.07) is 0. The van der Waals surface area contributed by atoms with E-state index in [0.29, 0.717) is 19.4 Å².